The van der Waals surface area contributed by atoms with Gasteiger partial charge in [0.2, 0.25) is 0 Å². The molecule has 1 aliphatic rings. The second-order valence-electron chi connectivity index (χ2n) is 7.49. The van der Waals surface area contributed by atoms with Crippen LogP contribution in [0, 0.1) is 6.92 Å². The molecule has 1 aliphatic heterocycles. The first-order valence-corrected chi connectivity index (χ1v) is 11.1. The predicted octanol–water partition coefficient (Wildman–Crippen LogP) is 3.12. The Kier molecular flexibility index (Phi) is 6.10. The number of methoxy groups -OCH3 is 1. The molecule has 0 unspecified atom stereocenters. The highest BCUT2D eigenvalue weighted by molar-refractivity contribution is 7.07. The number of ether oxygens (including phenoxy) is 2. The maximum atomic E-state index is 13.5. The highest BCUT2D eigenvalue weighted by atomic mass is 32.1. The number of aryl methyl sites for hydroxylation is 1. The van der Waals surface area contributed by atoms with Gasteiger partial charge in [-0.3, -0.25) is 9.36 Å². The smallest absolute Gasteiger partial charge is 0.338 e. The first-order valence-electron chi connectivity index (χ1n) is 10.3. The molecule has 0 N–H and O–H groups in total. The lowest BCUT2D eigenvalue weighted by Gasteiger charge is -2.24. The summed E-state index contributed by atoms with van der Waals surface area (Å²) in [5, 5.41) is 0. The average Bonchev–Trinajstić information content (AvgIpc) is 3.08. The molecule has 1 aromatic heterocycles. The van der Waals surface area contributed by atoms with E-state index in [4.69, 9.17) is 9.47 Å². The van der Waals surface area contributed by atoms with Crippen LogP contribution >= 0.6 is 11.3 Å². The van der Waals surface area contributed by atoms with Crippen LogP contribution in [0.3, 0.4) is 0 Å². The van der Waals surface area contributed by atoms with E-state index < -0.39 is 12.0 Å². The van der Waals surface area contributed by atoms with Gasteiger partial charge in [0.25, 0.3) is 5.56 Å². The van der Waals surface area contributed by atoms with Crippen LogP contribution in [0.15, 0.2) is 69.6 Å². The van der Waals surface area contributed by atoms with Crippen molar-refractivity contribution < 1.29 is 14.3 Å². The zero-order valence-electron chi connectivity index (χ0n) is 18.4. The fourth-order valence-corrected chi connectivity index (χ4v) is 4.78. The molecule has 0 amide bonds. The monoisotopic (exact) mass is 448 g/mol. The van der Waals surface area contributed by atoms with Gasteiger partial charge in [0.15, 0.2) is 4.80 Å². The van der Waals surface area contributed by atoms with Gasteiger partial charge in [-0.1, -0.05) is 53.3 Å². The normalized spacial score (nSPS) is 15.9. The number of hydrogen-bond acceptors (Lipinski definition) is 6. The quantitative estimate of drug-likeness (QED) is 0.563. The van der Waals surface area contributed by atoms with E-state index in [1.54, 1.807) is 25.5 Å². The maximum Gasteiger partial charge on any atom is 0.338 e. The molecule has 32 heavy (non-hydrogen) atoms. The van der Waals surface area contributed by atoms with E-state index in [9.17, 15) is 9.59 Å². The summed E-state index contributed by atoms with van der Waals surface area (Å²) in [6.45, 7) is 5.79. The molecule has 0 spiro atoms. The van der Waals surface area contributed by atoms with E-state index in [2.05, 4.69) is 4.99 Å². The molecule has 0 radical (unpaired) electrons. The Labute approximate surface area is 189 Å². The van der Waals surface area contributed by atoms with Crippen molar-refractivity contribution in [3.05, 3.63) is 96.2 Å². The van der Waals surface area contributed by atoms with Crippen molar-refractivity contribution in [2.75, 3.05) is 13.7 Å². The lowest BCUT2D eigenvalue weighted by Crippen LogP contribution is -2.39. The molecule has 0 saturated carbocycles. The zero-order chi connectivity index (χ0) is 22.8. The van der Waals surface area contributed by atoms with Crippen LogP contribution in [0.4, 0.5) is 0 Å². The highest BCUT2D eigenvalue weighted by Crippen LogP contribution is 2.30. The van der Waals surface area contributed by atoms with Crippen molar-refractivity contribution in [3.63, 3.8) is 0 Å². The van der Waals surface area contributed by atoms with E-state index in [1.807, 2.05) is 61.5 Å². The molecule has 0 bridgehead atoms. The van der Waals surface area contributed by atoms with Crippen molar-refractivity contribution in [3.8, 4) is 5.75 Å². The number of allylic oxidation sites excluding steroid dienone is 1. The molecule has 0 saturated heterocycles. The van der Waals surface area contributed by atoms with Gasteiger partial charge in [0, 0.05) is 0 Å². The number of thiazole rings is 1. The molecule has 3 aromatic rings. The second-order valence-corrected chi connectivity index (χ2v) is 8.50. The van der Waals surface area contributed by atoms with Gasteiger partial charge in [0.05, 0.1) is 35.6 Å². The summed E-state index contributed by atoms with van der Waals surface area (Å²) in [4.78, 5) is 31.6. The minimum Gasteiger partial charge on any atom is -0.497 e. The molecule has 4 rings (SSSR count). The minimum absolute atomic E-state index is 0.198. The van der Waals surface area contributed by atoms with E-state index in [0.29, 0.717) is 26.4 Å². The number of hydrogen-bond donors (Lipinski definition) is 0. The molecule has 2 aromatic carbocycles. The molecule has 7 heteroatoms. The number of aromatic nitrogens is 1. The van der Waals surface area contributed by atoms with Crippen LogP contribution < -0.4 is 19.6 Å². The number of nitrogens with zero attached hydrogens (tertiary/aromatic N) is 2. The van der Waals surface area contributed by atoms with Gasteiger partial charge in [-0.15, -0.1) is 0 Å². The van der Waals surface area contributed by atoms with Crippen LogP contribution in [0.2, 0.25) is 0 Å². The summed E-state index contributed by atoms with van der Waals surface area (Å²) < 4.78 is 12.7. The fraction of sp³-hybridized carbons (Fsp3) is 0.240. The molecule has 6 nitrogen and oxygen atoms in total. The second kappa shape index (κ2) is 8.96. The average molecular weight is 449 g/mol. The topological polar surface area (TPSA) is 69.9 Å². The summed E-state index contributed by atoms with van der Waals surface area (Å²) in [7, 11) is 1.61. The van der Waals surface area contributed by atoms with Crippen LogP contribution in [-0.4, -0.2) is 24.3 Å². The molecule has 164 valence electrons. The predicted molar refractivity (Wildman–Crippen MR) is 125 cm³/mol. The van der Waals surface area contributed by atoms with Crippen molar-refractivity contribution in [2.24, 2.45) is 4.99 Å². The highest BCUT2D eigenvalue weighted by Gasteiger charge is 2.33. The summed E-state index contributed by atoms with van der Waals surface area (Å²) >= 11 is 1.30. The largest absolute Gasteiger partial charge is 0.497 e. The minimum atomic E-state index is -0.599. The van der Waals surface area contributed by atoms with Crippen molar-refractivity contribution in [2.45, 2.75) is 26.8 Å². The Morgan fingerprint density at radius 3 is 2.62 bits per heavy atom. The van der Waals surface area contributed by atoms with Gasteiger partial charge in [0.1, 0.15) is 5.75 Å². The molecule has 0 aliphatic carbocycles. The number of benzene rings is 2. The first-order chi connectivity index (χ1) is 15.4. The lowest BCUT2D eigenvalue weighted by molar-refractivity contribution is -0.139. The maximum absolute atomic E-state index is 13.5. The van der Waals surface area contributed by atoms with Gasteiger partial charge < -0.3 is 9.47 Å². The molecule has 1 atom stereocenters. The van der Waals surface area contributed by atoms with Crippen LogP contribution in [0.1, 0.15) is 36.6 Å². The third kappa shape index (κ3) is 4.03. The number of esters is 1. The van der Waals surface area contributed by atoms with Crippen LogP contribution in [0.5, 0.6) is 5.75 Å². The van der Waals surface area contributed by atoms with Gasteiger partial charge in [-0.25, -0.2) is 9.79 Å². The Morgan fingerprint density at radius 1 is 1.19 bits per heavy atom. The summed E-state index contributed by atoms with van der Waals surface area (Å²) in [6.07, 6.45) is 1.82. The lowest BCUT2D eigenvalue weighted by atomic mass is 9.95. The van der Waals surface area contributed by atoms with Crippen LogP contribution in [-0.2, 0) is 9.53 Å². The van der Waals surface area contributed by atoms with Crippen molar-refractivity contribution in [1.29, 1.82) is 0 Å². The Morgan fingerprint density at radius 2 is 1.94 bits per heavy atom. The SMILES string of the molecule is CCOC(=O)C1=C(C)N=c2s/c(=C\c3cccc(OC)c3)c(=O)n2[C@H]1c1ccc(C)cc1. The van der Waals surface area contributed by atoms with E-state index in [-0.39, 0.29) is 12.2 Å². The summed E-state index contributed by atoms with van der Waals surface area (Å²) in [6, 6.07) is 14.7. The van der Waals surface area contributed by atoms with E-state index in [1.165, 1.54) is 11.3 Å². The van der Waals surface area contributed by atoms with E-state index >= 15 is 0 Å². The molecule has 2 heterocycles. The Hall–Kier alpha value is -3.45. The Balaban J connectivity index is 1.94. The number of carbonyl (C=O) groups excluding carboxylic acids is 1. The zero-order valence-corrected chi connectivity index (χ0v) is 19.2. The third-order valence-electron chi connectivity index (χ3n) is 5.30. The van der Waals surface area contributed by atoms with Gasteiger partial charge in [-0.05, 0) is 50.1 Å². The third-order valence-corrected chi connectivity index (χ3v) is 6.28. The first kappa shape index (κ1) is 21.8. The Bertz CT molecular complexity index is 1380. The molecular weight excluding hydrogens is 424 g/mol. The number of carbonyl (C=O) groups is 1. The fourth-order valence-electron chi connectivity index (χ4n) is 3.74. The number of fused-ring (bicyclic) bond motifs is 1. The van der Waals surface area contributed by atoms with Gasteiger partial charge in [-0.2, -0.15) is 0 Å². The van der Waals surface area contributed by atoms with E-state index in [0.717, 1.165) is 16.7 Å². The molecule has 0 fully saturated rings. The summed E-state index contributed by atoms with van der Waals surface area (Å²) in [5.74, 6) is 0.255. The summed E-state index contributed by atoms with van der Waals surface area (Å²) in [5.41, 5.74) is 3.53. The van der Waals surface area contributed by atoms with Crippen molar-refractivity contribution >= 4 is 23.4 Å². The van der Waals surface area contributed by atoms with Gasteiger partial charge >= 0.3 is 5.97 Å². The van der Waals surface area contributed by atoms with Crippen molar-refractivity contribution in [1.82, 2.24) is 4.57 Å². The number of rotatable bonds is 5. The molecular formula is C25H24N2O4S. The van der Waals surface area contributed by atoms with Crippen LogP contribution in [0.25, 0.3) is 6.08 Å². The standard InChI is InChI=1S/C25H24N2O4S/c1-5-31-24(29)21-16(3)26-25-27(22(21)18-11-9-15(2)10-12-18)23(28)20(32-25)14-17-7-6-8-19(13-17)30-4/h6-14,22H,5H2,1-4H3/b20-14-/t22-/m0/s1.